The SMILES string of the molecule is Cc1cc(C(F)(F)F)n2nc([C@H]3CCN(Cc4ccc(F)cc4)C3)cc2n1. The van der Waals surface area contributed by atoms with Crippen LogP contribution in [0.15, 0.2) is 36.4 Å². The van der Waals surface area contributed by atoms with Crippen molar-refractivity contribution in [2.45, 2.75) is 32.0 Å². The highest BCUT2D eigenvalue weighted by Gasteiger charge is 2.35. The van der Waals surface area contributed by atoms with Crippen molar-refractivity contribution in [1.29, 1.82) is 0 Å². The van der Waals surface area contributed by atoms with E-state index < -0.39 is 11.9 Å². The van der Waals surface area contributed by atoms with E-state index in [1.165, 1.54) is 12.1 Å². The quantitative estimate of drug-likeness (QED) is 0.641. The van der Waals surface area contributed by atoms with Gasteiger partial charge in [0.2, 0.25) is 0 Å². The van der Waals surface area contributed by atoms with Crippen LogP contribution in [0.4, 0.5) is 17.6 Å². The van der Waals surface area contributed by atoms with Crippen LogP contribution in [0.25, 0.3) is 5.65 Å². The van der Waals surface area contributed by atoms with Crippen molar-refractivity contribution in [2.75, 3.05) is 13.1 Å². The fourth-order valence-electron chi connectivity index (χ4n) is 3.58. The molecule has 0 saturated carbocycles. The van der Waals surface area contributed by atoms with E-state index in [0.29, 0.717) is 24.5 Å². The van der Waals surface area contributed by atoms with Gasteiger partial charge in [-0.15, -0.1) is 0 Å². The van der Waals surface area contributed by atoms with E-state index in [0.717, 1.165) is 29.1 Å². The van der Waals surface area contributed by atoms with Gasteiger partial charge in [0, 0.05) is 30.8 Å². The van der Waals surface area contributed by atoms with Gasteiger partial charge < -0.3 is 0 Å². The first-order valence-corrected chi connectivity index (χ1v) is 8.71. The minimum Gasteiger partial charge on any atom is -0.298 e. The number of rotatable bonds is 3. The van der Waals surface area contributed by atoms with Crippen LogP contribution in [0.2, 0.25) is 0 Å². The number of hydrogen-bond acceptors (Lipinski definition) is 3. The Balaban J connectivity index is 1.55. The summed E-state index contributed by atoms with van der Waals surface area (Å²) in [6, 6.07) is 9.01. The van der Waals surface area contributed by atoms with Gasteiger partial charge in [-0.2, -0.15) is 18.3 Å². The lowest BCUT2D eigenvalue weighted by atomic mass is 10.1. The van der Waals surface area contributed by atoms with Crippen LogP contribution < -0.4 is 0 Å². The molecule has 1 saturated heterocycles. The highest BCUT2D eigenvalue weighted by atomic mass is 19.4. The zero-order valence-corrected chi connectivity index (χ0v) is 14.7. The van der Waals surface area contributed by atoms with Crippen molar-refractivity contribution in [1.82, 2.24) is 19.5 Å². The topological polar surface area (TPSA) is 33.4 Å². The molecule has 0 amide bonds. The minimum atomic E-state index is -4.49. The van der Waals surface area contributed by atoms with Crippen molar-refractivity contribution in [3.8, 4) is 0 Å². The van der Waals surface area contributed by atoms with Gasteiger partial charge in [0.1, 0.15) is 11.5 Å². The molecule has 0 aliphatic carbocycles. The third kappa shape index (κ3) is 3.66. The van der Waals surface area contributed by atoms with Crippen LogP contribution in [0.1, 0.15) is 35.0 Å². The molecule has 0 bridgehead atoms. The normalized spacial score (nSPS) is 18.5. The van der Waals surface area contributed by atoms with Crippen molar-refractivity contribution in [3.05, 3.63) is 64.9 Å². The molecule has 3 aromatic rings. The number of benzene rings is 1. The number of nitrogens with zero attached hydrogens (tertiary/aromatic N) is 4. The summed E-state index contributed by atoms with van der Waals surface area (Å²) in [7, 11) is 0. The zero-order chi connectivity index (χ0) is 19.2. The summed E-state index contributed by atoms with van der Waals surface area (Å²) in [6.07, 6.45) is -3.68. The zero-order valence-electron chi connectivity index (χ0n) is 14.7. The molecule has 0 N–H and O–H groups in total. The molecule has 4 nitrogen and oxygen atoms in total. The lowest BCUT2D eigenvalue weighted by Crippen LogP contribution is -2.19. The molecule has 27 heavy (non-hydrogen) atoms. The second-order valence-corrected chi connectivity index (χ2v) is 6.97. The fourth-order valence-corrected chi connectivity index (χ4v) is 3.58. The van der Waals surface area contributed by atoms with Gasteiger partial charge in [0.05, 0.1) is 5.69 Å². The summed E-state index contributed by atoms with van der Waals surface area (Å²) in [5.74, 6) is -0.223. The Labute approximate surface area is 153 Å². The van der Waals surface area contributed by atoms with E-state index in [9.17, 15) is 17.6 Å². The summed E-state index contributed by atoms with van der Waals surface area (Å²) in [4.78, 5) is 6.39. The first-order valence-electron chi connectivity index (χ1n) is 8.71. The first kappa shape index (κ1) is 17.9. The lowest BCUT2D eigenvalue weighted by Gasteiger charge is -2.15. The summed E-state index contributed by atoms with van der Waals surface area (Å²) >= 11 is 0. The highest BCUT2D eigenvalue weighted by Crippen LogP contribution is 2.32. The van der Waals surface area contributed by atoms with Crippen molar-refractivity contribution >= 4 is 5.65 Å². The van der Waals surface area contributed by atoms with Gasteiger partial charge in [-0.25, -0.2) is 13.9 Å². The number of hydrogen-bond donors (Lipinski definition) is 0. The van der Waals surface area contributed by atoms with Crippen LogP contribution in [0.5, 0.6) is 0 Å². The molecule has 1 aliphatic heterocycles. The third-order valence-corrected chi connectivity index (χ3v) is 4.87. The van der Waals surface area contributed by atoms with Crippen molar-refractivity contribution in [3.63, 3.8) is 0 Å². The van der Waals surface area contributed by atoms with Crippen LogP contribution in [-0.4, -0.2) is 32.6 Å². The molecule has 1 fully saturated rings. The number of aromatic nitrogens is 3. The standard InChI is InChI=1S/C19H18F4N4/c1-12-8-17(19(21,22)23)27-18(24-12)9-16(25-27)14-6-7-26(11-14)10-13-2-4-15(20)5-3-13/h2-5,8-9,14H,6-7,10-11H2,1H3/t14-/m0/s1. The first-order chi connectivity index (χ1) is 12.8. The second-order valence-electron chi connectivity index (χ2n) is 6.97. The molecule has 2 aromatic heterocycles. The van der Waals surface area contributed by atoms with Gasteiger partial charge in [0.15, 0.2) is 5.65 Å². The van der Waals surface area contributed by atoms with E-state index in [1.54, 1.807) is 25.1 Å². The molecule has 0 spiro atoms. The Hall–Kier alpha value is -2.48. The predicted molar refractivity (Wildman–Crippen MR) is 91.8 cm³/mol. The van der Waals surface area contributed by atoms with Gasteiger partial charge in [-0.1, -0.05) is 12.1 Å². The van der Waals surface area contributed by atoms with Crippen molar-refractivity contribution in [2.24, 2.45) is 0 Å². The van der Waals surface area contributed by atoms with E-state index in [-0.39, 0.29) is 17.4 Å². The Bertz CT molecular complexity index is 962. The Morgan fingerprint density at radius 3 is 2.59 bits per heavy atom. The summed E-state index contributed by atoms with van der Waals surface area (Å²) in [6.45, 7) is 3.73. The molecular weight excluding hydrogens is 360 g/mol. The number of likely N-dealkylation sites (tertiary alicyclic amines) is 1. The third-order valence-electron chi connectivity index (χ3n) is 4.87. The molecule has 0 radical (unpaired) electrons. The number of alkyl halides is 3. The molecular formula is C19H18F4N4. The summed E-state index contributed by atoms with van der Waals surface area (Å²) < 4.78 is 53.8. The molecule has 1 aromatic carbocycles. The molecule has 8 heteroatoms. The van der Waals surface area contributed by atoms with Gasteiger partial charge in [-0.05, 0) is 43.7 Å². The Morgan fingerprint density at radius 2 is 1.89 bits per heavy atom. The maximum absolute atomic E-state index is 13.3. The summed E-state index contributed by atoms with van der Waals surface area (Å²) in [5, 5.41) is 4.21. The number of halogens is 4. The Morgan fingerprint density at radius 1 is 1.15 bits per heavy atom. The molecule has 0 unspecified atom stereocenters. The average Bonchev–Trinajstić information content (AvgIpc) is 3.21. The molecule has 1 aliphatic rings. The van der Waals surface area contributed by atoms with Crippen LogP contribution in [0.3, 0.4) is 0 Å². The highest BCUT2D eigenvalue weighted by molar-refractivity contribution is 5.43. The Kier molecular flexibility index (Phi) is 4.38. The van der Waals surface area contributed by atoms with E-state index in [2.05, 4.69) is 15.0 Å². The maximum Gasteiger partial charge on any atom is 0.433 e. The summed E-state index contributed by atoms with van der Waals surface area (Å²) in [5.41, 5.74) is 1.35. The van der Waals surface area contributed by atoms with Crippen LogP contribution in [-0.2, 0) is 12.7 Å². The second kappa shape index (κ2) is 6.60. The monoisotopic (exact) mass is 378 g/mol. The average molecular weight is 378 g/mol. The molecule has 3 heterocycles. The van der Waals surface area contributed by atoms with Gasteiger partial charge in [0.25, 0.3) is 0 Å². The van der Waals surface area contributed by atoms with Crippen LogP contribution in [0, 0.1) is 12.7 Å². The van der Waals surface area contributed by atoms with E-state index in [4.69, 9.17) is 0 Å². The number of aryl methyl sites for hydroxylation is 1. The predicted octanol–water partition coefficient (Wildman–Crippen LogP) is 4.19. The van der Waals surface area contributed by atoms with Gasteiger partial charge in [-0.3, -0.25) is 4.90 Å². The molecule has 4 rings (SSSR count). The largest absolute Gasteiger partial charge is 0.433 e. The van der Waals surface area contributed by atoms with E-state index >= 15 is 0 Å². The minimum absolute atomic E-state index is 0.0496. The van der Waals surface area contributed by atoms with E-state index in [1.807, 2.05) is 0 Å². The van der Waals surface area contributed by atoms with Crippen molar-refractivity contribution < 1.29 is 17.6 Å². The molecule has 1 atom stereocenters. The fraction of sp³-hybridized carbons (Fsp3) is 0.368. The smallest absolute Gasteiger partial charge is 0.298 e. The lowest BCUT2D eigenvalue weighted by molar-refractivity contribution is -0.142. The molecule has 142 valence electrons. The number of fused-ring (bicyclic) bond motifs is 1. The van der Waals surface area contributed by atoms with Crippen LogP contribution >= 0.6 is 0 Å². The van der Waals surface area contributed by atoms with Gasteiger partial charge >= 0.3 is 6.18 Å². The maximum atomic E-state index is 13.3.